The van der Waals surface area contributed by atoms with Crippen LogP contribution in [0.3, 0.4) is 0 Å². The Morgan fingerprint density at radius 2 is 1.06 bits per heavy atom. The van der Waals surface area contributed by atoms with Crippen molar-refractivity contribution in [1.82, 2.24) is 0 Å². The summed E-state index contributed by atoms with van der Waals surface area (Å²) in [6.07, 6.45) is 2.88. The van der Waals surface area contributed by atoms with Crippen LogP contribution in [0.2, 0.25) is 0 Å². The van der Waals surface area contributed by atoms with E-state index < -0.39 is 5.60 Å². The first-order valence-corrected chi connectivity index (χ1v) is 6.43. The minimum Gasteiger partial charge on any atom is -0.390 e. The molecule has 0 heterocycles. The van der Waals surface area contributed by atoms with Gasteiger partial charge in [-0.3, -0.25) is 0 Å². The molecule has 0 bridgehead atoms. The van der Waals surface area contributed by atoms with Crippen LogP contribution in [-0.4, -0.2) is 10.7 Å². The number of aliphatic hydroxyl groups is 1. The summed E-state index contributed by atoms with van der Waals surface area (Å²) < 4.78 is 0. The van der Waals surface area contributed by atoms with Gasteiger partial charge < -0.3 is 5.11 Å². The maximum atomic E-state index is 9.35. The normalized spacial score (nSPS) is 19.9. The van der Waals surface area contributed by atoms with Crippen LogP contribution >= 0.6 is 0 Å². The molecule has 1 aliphatic rings. The molecule has 0 unspecified atom stereocenters. The van der Waals surface area contributed by atoms with Gasteiger partial charge in [-0.2, -0.15) is 0 Å². The molecule has 1 N–H and O–H groups in total. The second-order valence-electron chi connectivity index (χ2n) is 8.12. The van der Waals surface area contributed by atoms with E-state index in [2.05, 4.69) is 27.7 Å². The minimum atomic E-state index is -0.562. The fourth-order valence-electron chi connectivity index (χ4n) is 0.937. The van der Waals surface area contributed by atoms with Crippen LogP contribution in [0, 0.1) is 16.2 Å². The SMILES string of the molecule is CC(C)(C)C(C)(C)O.CC(C)(C)C1(C)CC1. The van der Waals surface area contributed by atoms with E-state index in [1.807, 2.05) is 34.6 Å². The summed E-state index contributed by atoms with van der Waals surface area (Å²) in [6.45, 7) is 19.1. The van der Waals surface area contributed by atoms with Crippen molar-refractivity contribution in [3.05, 3.63) is 0 Å². The molecule has 16 heavy (non-hydrogen) atoms. The van der Waals surface area contributed by atoms with Gasteiger partial charge in [0.05, 0.1) is 5.60 Å². The molecule has 0 aromatic heterocycles. The predicted octanol–water partition coefficient (Wildman–Crippen LogP) is 4.64. The zero-order chi connectivity index (χ0) is 13.4. The summed E-state index contributed by atoms with van der Waals surface area (Å²) in [7, 11) is 0. The van der Waals surface area contributed by atoms with E-state index in [-0.39, 0.29) is 5.41 Å². The van der Waals surface area contributed by atoms with Gasteiger partial charge in [-0.25, -0.2) is 0 Å². The van der Waals surface area contributed by atoms with Crippen molar-refractivity contribution < 1.29 is 5.11 Å². The summed E-state index contributed by atoms with van der Waals surface area (Å²) in [6, 6.07) is 0. The van der Waals surface area contributed by atoms with Crippen LogP contribution in [0.25, 0.3) is 0 Å². The Kier molecular flexibility index (Phi) is 4.32. The molecule has 0 atom stereocenters. The van der Waals surface area contributed by atoms with Crippen LogP contribution in [0.15, 0.2) is 0 Å². The van der Waals surface area contributed by atoms with Gasteiger partial charge in [0.15, 0.2) is 0 Å². The third-order valence-corrected chi connectivity index (χ3v) is 4.65. The van der Waals surface area contributed by atoms with E-state index in [0.29, 0.717) is 10.8 Å². The fourth-order valence-corrected chi connectivity index (χ4v) is 0.937. The first-order valence-electron chi connectivity index (χ1n) is 6.43. The summed E-state index contributed by atoms with van der Waals surface area (Å²) >= 11 is 0. The van der Waals surface area contributed by atoms with Crippen molar-refractivity contribution in [1.29, 1.82) is 0 Å². The molecule has 0 aromatic carbocycles. The van der Waals surface area contributed by atoms with Gasteiger partial charge in [0.1, 0.15) is 0 Å². The van der Waals surface area contributed by atoms with Crippen molar-refractivity contribution in [2.75, 3.05) is 0 Å². The molecule has 1 saturated carbocycles. The lowest BCUT2D eigenvalue weighted by Crippen LogP contribution is -2.35. The highest BCUT2D eigenvalue weighted by Crippen LogP contribution is 2.57. The van der Waals surface area contributed by atoms with Crippen LogP contribution in [0.4, 0.5) is 0 Å². The smallest absolute Gasteiger partial charge is 0.0639 e. The van der Waals surface area contributed by atoms with Crippen molar-refractivity contribution in [2.24, 2.45) is 16.2 Å². The molecule has 1 heteroatoms. The van der Waals surface area contributed by atoms with E-state index in [1.165, 1.54) is 12.8 Å². The Labute approximate surface area is 103 Å². The Balaban J connectivity index is 0.000000281. The number of hydrogen-bond acceptors (Lipinski definition) is 1. The number of hydrogen-bond donors (Lipinski definition) is 1. The lowest BCUT2D eigenvalue weighted by Gasteiger charge is -2.33. The van der Waals surface area contributed by atoms with Crippen molar-refractivity contribution in [3.8, 4) is 0 Å². The predicted molar refractivity (Wildman–Crippen MR) is 72.5 cm³/mol. The second kappa shape index (κ2) is 4.33. The summed E-state index contributed by atoms with van der Waals surface area (Å²) in [5.74, 6) is 0. The van der Waals surface area contributed by atoms with E-state index in [1.54, 1.807) is 0 Å². The number of rotatable bonds is 0. The first kappa shape index (κ1) is 16.0. The zero-order valence-electron chi connectivity index (χ0n) is 12.9. The van der Waals surface area contributed by atoms with Crippen molar-refractivity contribution in [2.45, 2.75) is 80.8 Å². The van der Waals surface area contributed by atoms with Gasteiger partial charge in [-0.15, -0.1) is 0 Å². The standard InChI is InChI=1S/C8H16.C7H16O/c1-7(2,3)8(4)5-6-8;1-6(2,3)7(4,5)8/h5-6H2,1-4H3;8H,1-5H3. The Hall–Kier alpha value is -0.0400. The molecule has 0 aromatic rings. The lowest BCUT2D eigenvalue weighted by molar-refractivity contribution is -0.0238. The highest BCUT2D eigenvalue weighted by molar-refractivity contribution is 4.97. The van der Waals surface area contributed by atoms with Gasteiger partial charge in [-0.05, 0) is 42.9 Å². The van der Waals surface area contributed by atoms with Gasteiger partial charge >= 0.3 is 0 Å². The second-order valence-corrected chi connectivity index (χ2v) is 8.12. The average Bonchev–Trinajstić information content (AvgIpc) is 2.63. The summed E-state index contributed by atoms with van der Waals surface area (Å²) in [5.41, 5.74) is 0.667. The Bertz CT molecular complexity index is 182. The van der Waals surface area contributed by atoms with E-state index in [4.69, 9.17) is 0 Å². The molecule has 0 aliphatic heterocycles. The fraction of sp³-hybridized carbons (Fsp3) is 1.00. The summed E-state index contributed by atoms with van der Waals surface area (Å²) in [4.78, 5) is 0. The van der Waals surface area contributed by atoms with Gasteiger partial charge in [0.25, 0.3) is 0 Å². The molecule has 1 aliphatic carbocycles. The van der Waals surface area contributed by atoms with Crippen LogP contribution in [0.5, 0.6) is 0 Å². The van der Waals surface area contributed by atoms with E-state index in [9.17, 15) is 5.11 Å². The zero-order valence-corrected chi connectivity index (χ0v) is 12.9. The monoisotopic (exact) mass is 228 g/mol. The van der Waals surface area contributed by atoms with Gasteiger partial charge in [0, 0.05) is 0 Å². The molecule has 0 spiro atoms. The maximum absolute atomic E-state index is 9.35. The third kappa shape index (κ3) is 4.45. The van der Waals surface area contributed by atoms with Gasteiger partial charge in [-0.1, -0.05) is 48.5 Å². The highest BCUT2D eigenvalue weighted by atomic mass is 16.3. The largest absolute Gasteiger partial charge is 0.390 e. The molecule has 1 nitrogen and oxygen atoms in total. The van der Waals surface area contributed by atoms with Crippen molar-refractivity contribution >= 4 is 0 Å². The Morgan fingerprint density at radius 1 is 0.812 bits per heavy atom. The molecular weight excluding hydrogens is 196 g/mol. The quantitative estimate of drug-likeness (QED) is 0.640. The maximum Gasteiger partial charge on any atom is 0.0639 e. The van der Waals surface area contributed by atoms with Gasteiger partial charge in [0.2, 0.25) is 0 Å². The molecule has 1 rings (SSSR count). The molecule has 0 amide bonds. The van der Waals surface area contributed by atoms with E-state index >= 15 is 0 Å². The average molecular weight is 228 g/mol. The first-order chi connectivity index (χ1) is 6.71. The van der Waals surface area contributed by atoms with E-state index in [0.717, 1.165) is 0 Å². The topological polar surface area (TPSA) is 20.2 Å². The Morgan fingerprint density at radius 3 is 1.06 bits per heavy atom. The molecule has 98 valence electrons. The van der Waals surface area contributed by atoms with Crippen LogP contribution < -0.4 is 0 Å². The molecular formula is C15H32O. The highest BCUT2D eigenvalue weighted by Gasteiger charge is 2.46. The van der Waals surface area contributed by atoms with Crippen molar-refractivity contribution in [3.63, 3.8) is 0 Å². The van der Waals surface area contributed by atoms with Crippen LogP contribution in [-0.2, 0) is 0 Å². The van der Waals surface area contributed by atoms with Crippen LogP contribution in [0.1, 0.15) is 75.2 Å². The summed E-state index contributed by atoms with van der Waals surface area (Å²) in [5, 5.41) is 9.35. The lowest BCUT2D eigenvalue weighted by atomic mass is 9.79. The minimum absolute atomic E-state index is 0.00694. The molecule has 0 radical (unpaired) electrons. The third-order valence-electron chi connectivity index (χ3n) is 4.65. The molecule has 1 fully saturated rings. The molecule has 0 saturated heterocycles.